The third-order valence-corrected chi connectivity index (χ3v) is 3.49. The van der Waals surface area contributed by atoms with E-state index in [4.69, 9.17) is 5.73 Å². The maximum Gasteiger partial charge on any atom is 0.159 e. The van der Waals surface area contributed by atoms with Gasteiger partial charge in [0.15, 0.2) is 11.6 Å². The van der Waals surface area contributed by atoms with Gasteiger partial charge in [0.1, 0.15) is 0 Å². The maximum atomic E-state index is 13.1. The molecule has 2 N–H and O–H groups in total. The molecule has 0 aliphatic carbocycles. The zero-order valence-electron chi connectivity index (χ0n) is 10.00. The second kappa shape index (κ2) is 5.10. The molecule has 0 amide bonds. The fourth-order valence-corrected chi connectivity index (χ4v) is 2.37. The van der Waals surface area contributed by atoms with Crippen molar-refractivity contribution in [2.45, 2.75) is 31.8 Å². The molecule has 0 spiro atoms. The van der Waals surface area contributed by atoms with Crippen LogP contribution < -0.4 is 5.73 Å². The monoisotopic (exact) mass is 240 g/mol. The molecule has 1 saturated heterocycles. The van der Waals surface area contributed by atoms with Crippen LogP contribution in [-0.4, -0.2) is 24.0 Å². The minimum Gasteiger partial charge on any atom is -0.323 e. The number of hydrogen-bond acceptors (Lipinski definition) is 2. The summed E-state index contributed by atoms with van der Waals surface area (Å²) in [5, 5.41) is 0. The molecule has 2 unspecified atom stereocenters. The Bertz CT molecular complexity index is 395. The van der Waals surface area contributed by atoms with Gasteiger partial charge in [-0.2, -0.15) is 0 Å². The van der Waals surface area contributed by atoms with E-state index >= 15 is 0 Å². The van der Waals surface area contributed by atoms with Gasteiger partial charge in [-0.25, -0.2) is 8.78 Å². The molecular weight excluding hydrogens is 222 g/mol. The first kappa shape index (κ1) is 12.5. The number of nitrogens with zero attached hydrogens (tertiary/aromatic N) is 1. The van der Waals surface area contributed by atoms with Crippen LogP contribution in [0.3, 0.4) is 0 Å². The molecule has 0 saturated carbocycles. The summed E-state index contributed by atoms with van der Waals surface area (Å²) < 4.78 is 25.9. The molecular formula is C13H18F2N2. The standard InChI is InChI=1S/C13H18F2N2/c1-9-3-2-6-17(9)8-13(16)10-4-5-11(14)12(15)7-10/h4-5,7,9,13H,2-3,6,8,16H2,1H3. The number of rotatable bonds is 3. The van der Waals surface area contributed by atoms with Gasteiger partial charge in [-0.15, -0.1) is 0 Å². The Kier molecular flexibility index (Phi) is 3.74. The molecule has 94 valence electrons. The second-order valence-electron chi connectivity index (χ2n) is 4.77. The molecule has 0 aromatic heterocycles. The van der Waals surface area contributed by atoms with Gasteiger partial charge in [0.2, 0.25) is 0 Å². The Morgan fingerprint density at radius 3 is 2.76 bits per heavy atom. The van der Waals surface area contributed by atoms with Gasteiger partial charge in [-0.05, 0) is 44.0 Å². The number of likely N-dealkylation sites (tertiary alicyclic amines) is 1. The van der Waals surface area contributed by atoms with Gasteiger partial charge in [0.05, 0.1) is 0 Å². The van der Waals surface area contributed by atoms with Crippen LogP contribution in [0.25, 0.3) is 0 Å². The summed E-state index contributed by atoms with van der Waals surface area (Å²) in [7, 11) is 0. The Morgan fingerprint density at radius 1 is 1.41 bits per heavy atom. The van der Waals surface area contributed by atoms with E-state index in [0.29, 0.717) is 18.2 Å². The molecule has 2 atom stereocenters. The van der Waals surface area contributed by atoms with Gasteiger partial charge in [0, 0.05) is 18.6 Å². The van der Waals surface area contributed by atoms with Crippen LogP contribution in [0.4, 0.5) is 8.78 Å². The van der Waals surface area contributed by atoms with Crippen molar-refractivity contribution >= 4 is 0 Å². The van der Waals surface area contributed by atoms with E-state index < -0.39 is 11.6 Å². The average molecular weight is 240 g/mol. The van der Waals surface area contributed by atoms with Gasteiger partial charge < -0.3 is 5.73 Å². The molecule has 2 rings (SSSR count). The molecule has 1 aliphatic rings. The SMILES string of the molecule is CC1CCCN1CC(N)c1ccc(F)c(F)c1. The lowest BCUT2D eigenvalue weighted by Gasteiger charge is -2.25. The van der Waals surface area contributed by atoms with Crippen molar-refractivity contribution in [1.29, 1.82) is 0 Å². The van der Waals surface area contributed by atoms with Crippen LogP contribution in [0.15, 0.2) is 18.2 Å². The molecule has 0 radical (unpaired) electrons. The zero-order valence-corrected chi connectivity index (χ0v) is 10.00. The van der Waals surface area contributed by atoms with Crippen molar-refractivity contribution in [3.05, 3.63) is 35.4 Å². The van der Waals surface area contributed by atoms with Crippen molar-refractivity contribution in [2.75, 3.05) is 13.1 Å². The van der Waals surface area contributed by atoms with Crippen molar-refractivity contribution < 1.29 is 8.78 Å². The Balaban J connectivity index is 2.03. The highest BCUT2D eigenvalue weighted by molar-refractivity contribution is 5.21. The second-order valence-corrected chi connectivity index (χ2v) is 4.77. The maximum absolute atomic E-state index is 13.1. The lowest BCUT2D eigenvalue weighted by atomic mass is 10.1. The van der Waals surface area contributed by atoms with E-state index in [1.54, 1.807) is 6.07 Å². The van der Waals surface area contributed by atoms with E-state index in [1.165, 1.54) is 18.9 Å². The summed E-state index contributed by atoms with van der Waals surface area (Å²) in [5.74, 6) is -1.65. The van der Waals surface area contributed by atoms with Crippen molar-refractivity contribution in [1.82, 2.24) is 4.90 Å². The van der Waals surface area contributed by atoms with Gasteiger partial charge in [0.25, 0.3) is 0 Å². The largest absolute Gasteiger partial charge is 0.323 e. The predicted molar refractivity (Wildman–Crippen MR) is 63.6 cm³/mol. The summed E-state index contributed by atoms with van der Waals surface area (Å²) in [6, 6.07) is 4.17. The molecule has 2 nitrogen and oxygen atoms in total. The van der Waals surface area contributed by atoms with Crippen LogP contribution in [0.1, 0.15) is 31.4 Å². The number of halogens is 2. The number of nitrogens with two attached hydrogens (primary N) is 1. The highest BCUT2D eigenvalue weighted by atomic mass is 19.2. The van der Waals surface area contributed by atoms with Crippen LogP contribution in [0.5, 0.6) is 0 Å². The summed E-state index contributed by atoms with van der Waals surface area (Å²) in [4.78, 5) is 2.30. The van der Waals surface area contributed by atoms with Crippen LogP contribution in [-0.2, 0) is 0 Å². The average Bonchev–Trinajstić information content (AvgIpc) is 2.68. The molecule has 1 fully saturated rings. The van der Waals surface area contributed by atoms with Gasteiger partial charge in [-0.3, -0.25) is 4.90 Å². The summed E-state index contributed by atoms with van der Waals surface area (Å²) in [6.07, 6.45) is 2.37. The van der Waals surface area contributed by atoms with Crippen molar-refractivity contribution in [2.24, 2.45) is 5.73 Å². The van der Waals surface area contributed by atoms with Gasteiger partial charge >= 0.3 is 0 Å². The Labute approximate surface area is 100 Å². The molecule has 4 heteroatoms. The van der Waals surface area contributed by atoms with Crippen LogP contribution in [0, 0.1) is 11.6 Å². The molecule has 0 bridgehead atoms. The summed E-state index contributed by atoms with van der Waals surface area (Å²) >= 11 is 0. The summed E-state index contributed by atoms with van der Waals surface area (Å²) in [5.41, 5.74) is 6.68. The summed E-state index contributed by atoms with van der Waals surface area (Å²) in [6.45, 7) is 3.91. The van der Waals surface area contributed by atoms with E-state index in [0.717, 1.165) is 12.6 Å². The van der Waals surface area contributed by atoms with E-state index in [1.807, 2.05) is 0 Å². The predicted octanol–water partition coefficient (Wildman–Crippen LogP) is 2.45. The van der Waals surface area contributed by atoms with Crippen LogP contribution >= 0.6 is 0 Å². The first-order chi connectivity index (χ1) is 8.08. The minimum absolute atomic E-state index is 0.259. The van der Waals surface area contributed by atoms with E-state index in [-0.39, 0.29) is 6.04 Å². The molecule has 1 heterocycles. The van der Waals surface area contributed by atoms with Gasteiger partial charge in [-0.1, -0.05) is 6.07 Å². The minimum atomic E-state index is -0.826. The number of benzene rings is 1. The first-order valence-electron chi connectivity index (χ1n) is 6.02. The zero-order chi connectivity index (χ0) is 12.4. The fourth-order valence-electron chi connectivity index (χ4n) is 2.37. The normalized spacial score (nSPS) is 22.9. The highest BCUT2D eigenvalue weighted by Crippen LogP contribution is 2.21. The molecule has 1 aliphatic heterocycles. The quantitative estimate of drug-likeness (QED) is 0.879. The first-order valence-corrected chi connectivity index (χ1v) is 6.02. The van der Waals surface area contributed by atoms with Crippen molar-refractivity contribution in [3.63, 3.8) is 0 Å². The fraction of sp³-hybridized carbons (Fsp3) is 0.538. The Morgan fingerprint density at radius 2 is 2.18 bits per heavy atom. The Hall–Kier alpha value is -1.00. The lowest BCUT2D eigenvalue weighted by molar-refractivity contribution is 0.252. The van der Waals surface area contributed by atoms with E-state index in [9.17, 15) is 8.78 Å². The smallest absolute Gasteiger partial charge is 0.159 e. The molecule has 17 heavy (non-hydrogen) atoms. The highest BCUT2D eigenvalue weighted by Gasteiger charge is 2.22. The number of hydrogen-bond donors (Lipinski definition) is 1. The van der Waals surface area contributed by atoms with Crippen molar-refractivity contribution in [3.8, 4) is 0 Å². The van der Waals surface area contributed by atoms with E-state index in [2.05, 4.69) is 11.8 Å². The topological polar surface area (TPSA) is 29.3 Å². The molecule has 1 aromatic carbocycles. The van der Waals surface area contributed by atoms with Crippen LogP contribution in [0.2, 0.25) is 0 Å². The lowest BCUT2D eigenvalue weighted by Crippen LogP contribution is -2.34. The third kappa shape index (κ3) is 2.82. The third-order valence-electron chi connectivity index (χ3n) is 3.49. The molecule has 1 aromatic rings.